The van der Waals surface area contributed by atoms with Gasteiger partial charge < -0.3 is 5.32 Å². The highest BCUT2D eigenvalue weighted by Crippen LogP contribution is 2.32. The van der Waals surface area contributed by atoms with E-state index in [0.29, 0.717) is 25.3 Å². The van der Waals surface area contributed by atoms with Crippen LogP contribution in [0.15, 0.2) is 18.2 Å². The van der Waals surface area contributed by atoms with Crippen molar-refractivity contribution in [3.8, 4) is 0 Å². The van der Waals surface area contributed by atoms with Crippen molar-refractivity contribution in [2.24, 2.45) is 5.92 Å². The number of carbonyl (C=O) groups excluding carboxylic acids is 1. The third-order valence-corrected chi connectivity index (χ3v) is 6.76. The summed E-state index contributed by atoms with van der Waals surface area (Å²) in [6, 6.07) is 2.32. The minimum atomic E-state index is -4.72. The molecule has 10 heteroatoms. The van der Waals surface area contributed by atoms with Crippen LogP contribution >= 0.6 is 0 Å². The van der Waals surface area contributed by atoms with Gasteiger partial charge in [-0.3, -0.25) is 4.79 Å². The largest absolute Gasteiger partial charge is 0.416 e. The number of rotatable bonds is 7. The molecule has 0 radical (unpaired) electrons. The number of benzene rings is 1. The van der Waals surface area contributed by atoms with Gasteiger partial charge in [0.25, 0.3) is 0 Å². The Morgan fingerprint density at radius 2 is 1.89 bits per heavy atom. The van der Waals surface area contributed by atoms with Crippen LogP contribution in [0.1, 0.15) is 43.7 Å². The van der Waals surface area contributed by atoms with E-state index >= 15 is 0 Å². The van der Waals surface area contributed by atoms with Gasteiger partial charge in [-0.15, -0.1) is 0 Å². The van der Waals surface area contributed by atoms with Gasteiger partial charge in [-0.05, 0) is 37.0 Å². The van der Waals surface area contributed by atoms with E-state index in [4.69, 9.17) is 0 Å². The third kappa shape index (κ3) is 5.91. The first-order valence-electron chi connectivity index (χ1n) is 9.15. The molecule has 5 nitrogen and oxygen atoms in total. The van der Waals surface area contributed by atoms with Gasteiger partial charge in [0.2, 0.25) is 15.9 Å². The predicted molar refractivity (Wildman–Crippen MR) is 96.2 cm³/mol. The first-order chi connectivity index (χ1) is 13.0. The molecule has 1 fully saturated rings. The van der Waals surface area contributed by atoms with Gasteiger partial charge >= 0.3 is 6.18 Å². The zero-order valence-electron chi connectivity index (χ0n) is 15.6. The summed E-state index contributed by atoms with van der Waals surface area (Å²) in [4.78, 5) is 12.3. The van der Waals surface area contributed by atoms with Crippen LogP contribution in [0.5, 0.6) is 0 Å². The number of alkyl halides is 3. The molecule has 0 aliphatic carbocycles. The van der Waals surface area contributed by atoms with Gasteiger partial charge in [0, 0.05) is 25.6 Å². The highest BCUT2D eigenvalue weighted by Gasteiger charge is 2.34. The Kier molecular flexibility index (Phi) is 7.44. The van der Waals surface area contributed by atoms with E-state index in [0.717, 1.165) is 18.6 Å². The molecule has 0 bridgehead atoms. The average molecular weight is 424 g/mol. The molecule has 0 saturated carbocycles. The van der Waals surface area contributed by atoms with E-state index in [1.54, 1.807) is 0 Å². The van der Waals surface area contributed by atoms with E-state index in [2.05, 4.69) is 5.32 Å². The molecule has 1 aliphatic rings. The molecule has 1 amide bonds. The summed E-state index contributed by atoms with van der Waals surface area (Å²) in [5, 5.41) is 2.46. The SMILES string of the molecule is CCCCS(=O)(=O)N1CCC(C(=O)NCc2ccc(F)cc2C(F)(F)F)CC1. The number of carbonyl (C=O) groups is 1. The van der Waals surface area contributed by atoms with Crippen LogP contribution in [0.4, 0.5) is 17.6 Å². The highest BCUT2D eigenvalue weighted by molar-refractivity contribution is 7.89. The Bertz CT molecular complexity index is 789. The van der Waals surface area contributed by atoms with Gasteiger partial charge in [-0.25, -0.2) is 17.1 Å². The molecular weight excluding hydrogens is 400 g/mol. The van der Waals surface area contributed by atoms with Crippen molar-refractivity contribution in [3.05, 3.63) is 35.1 Å². The van der Waals surface area contributed by atoms with Crippen LogP contribution in [0.3, 0.4) is 0 Å². The Morgan fingerprint density at radius 3 is 2.46 bits per heavy atom. The fraction of sp³-hybridized carbons (Fsp3) is 0.611. The quantitative estimate of drug-likeness (QED) is 0.683. The maximum Gasteiger partial charge on any atom is 0.416 e. The van der Waals surface area contributed by atoms with Crippen molar-refractivity contribution < 1.29 is 30.8 Å². The first-order valence-corrected chi connectivity index (χ1v) is 10.8. The molecule has 1 N–H and O–H groups in total. The van der Waals surface area contributed by atoms with Gasteiger partial charge in [0.15, 0.2) is 0 Å². The van der Waals surface area contributed by atoms with Crippen molar-refractivity contribution in [1.29, 1.82) is 0 Å². The normalized spacial score (nSPS) is 16.9. The second kappa shape index (κ2) is 9.21. The van der Waals surface area contributed by atoms with Crippen LogP contribution < -0.4 is 5.32 Å². The molecule has 2 rings (SSSR count). The Labute approximate surface area is 162 Å². The van der Waals surface area contributed by atoms with Crippen molar-refractivity contribution in [3.63, 3.8) is 0 Å². The molecule has 1 aliphatic heterocycles. The number of piperidine rings is 1. The topological polar surface area (TPSA) is 66.5 Å². The van der Waals surface area contributed by atoms with E-state index in [1.807, 2.05) is 6.92 Å². The molecule has 158 valence electrons. The average Bonchev–Trinajstić information content (AvgIpc) is 2.64. The third-order valence-electron chi connectivity index (χ3n) is 4.80. The first kappa shape index (κ1) is 22.6. The van der Waals surface area contributed by atoms with E-state index in [1.165, 1.54) is 4.31 Å². The van der Waals surface area contributed by atoms with E-state index in [9.17, 15) is 30.8 Å². The fourth-order valence-corrected chi connectivity index (χ4v) is 4.82. The van der Waals surface area contributed by atoms with Crippen molar-refractivity contribution >= 4 is 15.9 Å². The number of nitrogens with zero attached hydrogens (tertiary/aromatic N) is 1. The lowest BCUT2D eigenvalue weighted by atomic mass is 9.97. The maximum atomic E-state index is 13.1. The predicted octanol–water partition coefficient (Wildman–Crippen LogP) is 3.30. The van der Waals surface area contributed by atoms with Crippen LogP contribution in [0.2, 0.25) is 0 Å². The molecule has 1 aromatic rings. The van der Waals surface area contributed by atoms with Crippen LogP contribution in [-0.2, 0) is 27.5 Å². The lowest BCUT2D eigenvalue weighted by molar-refractivity contribution is -0.138. The van der Waals surface area contributed by atoms with Crippen molar-refractivity contribution in [1.82, 2.24) is 9.62 Å². The molecule has 1 saturated heterocycles. The van der Waals surface area contributed by atoms with Crippen LogP contribution in [0.25, 0.3) is 0 Å². The summed E-state index contributed by atoms with van der Waals surface area (Å²) in [6.07, 6.45) is -2.76. The summed E-state index contributed by atoms with van der Waals surface area (Å²) < 4.78 is 77.9. The molecule has 1 aromatic carbocycles. The standard InChI is InChI=1S/C18H24F4N2O3S/c1-2-3-10-28(26,27)24-8-6-13(7-9-24)17(25)23-12-14-4-5-15(19)11-16(14)18(20,21)22/h4-5,11,13H,2-3,6-10,12H2,1H3,(H,23,25). The molecule has 0 atom stereocenters. The lowest BCUT2D eigenvalue weighted by Crippen LogP contribution is -2.43. The molecule has 28 heavy (non-hydrogen) atoms. The van der Waals surface area contributed by atoms with Gasteiger partial charge in [0.1, 0.15) is 5.82 Å². The summed E-state index contributed by atoms with van der Waals surface area (Å²) in [5.41, 5.74) is -1.34. The van der Waals surface area contributed by atoms with Crippen molar-refractivity contribution in [2.75, 3.05) is 18.8 Å². The molecule has 1 heterocycles. The number of nitrogens with one attached hydrogen (secondary N) is 1. The van der Waals surface area contributed by atoms with E-state index in [-0.39, 0.29) is 31.0 Å². The van der Waals surface area contributed by atoms with Gasteiger partial charge in [0.05, 0.1) is 11.3 Å². The highest BCUT2D eigenvalue weighted by atomic mass is 32.2. The number of halogens is 4. The second-order valence-corrected chi connectivity index (χ2v) is 8.95. The van der Waals surface area contributed by atoms with Gasteiger partial charge in [-0.1, -0.05) is 19.4 Å². The molecule has 0 unspecified atom stereocenters. The fourth-order valence-electron chi connectivity index (χ4n) is 3.15. The van der Waals surface area contributed by atoms with Crippen molar-refractivity contribution in [2.45, 2.75) is 45.3 Å². The summed E-state index contributed by atoms with van der Waals surface area (Å²) >= 11 is 0. The monoisotopic (exact) mass is 424 g/mol. The number of hydrogen-bond donors (Lipinski definition) is 1. The number of sulfonamides is 1. The molecular formula is C18H24F4N2O3S. The smallest absolute Gasteiger partial charge is 0.352 e. The number of unbranched alkanes of at least 4 members (excludes halogenated alkanes) is 1. The zero-order chi connectivity index (χ0) is 20.9. The number of hydrogen-bond acceptors (Lipinski definition) is 3. The Morgan fingerprint density at radius 1 is 1.25 bits per heavy atom. The van der Waals surface area contributed by atoms with Crippen LogP contribution in [0, 0.1) is 11.7 Å². The minimum Gasteiger partial charge on any atom is -0.352 e. The summed E-state index contributed by atoms with van der Waals surface area (Å²) in [5.74, 6) is -1.82. The van der Waals surface area contributed by atoms with Gasteiger partial charge in [-0.2, -0.15) is 13.2 Å². The second-order valence-electron chi connectivity index (χ2n) is 6.86. The Hall–Kier alpha value is -1.68. The van der Waals surface area contributed by atoms with Crippen LogP contribution in [-0.4, -0.2) is 37.5 Å². The Balaban J connectivity index is 1.92. The summed E-state index contributed by atoms with van der Waals surface area (Å²) in [6.45, 7) is 1.96. The lowest BCUT2D eigenvalue weighted by Gasteiger charge is -2.30. The summed E-state index contributed by atoms with van der Waals surface area (Å²) in [7, 11) is -3.33. The zero-order valence-corrected chi connectivity index (χ0v) is 16.4. The van der Waals surface area contributed by atoms with E-state index < -0.39 is 39.4 Å². The molecule has 0 spiro atoms. The number of amides is 1. The minimum absolute atomic E-state index is 0.0746. The maximum absolute atomic E-state index is 13.1. The molecule has 0 aromatic heterocycles.